The number of esters is 1. The minimum absolute atomic E-state index is 0.242. The molecule has 0 radical (unpaired) electrons. The fourth-order valence-electron chi connectivity index (χ4n) is 2.26. The molecule has 0 aromatic carbocycles. The lowest BCUT2D eigenvalue weighted by molar-refractivity contribution is -0.164. The molecule has 0 bridgehead atoms. The maximum absolute atomic E-state index is 11.3. The normalized spacial score (nSPS) is 33.5. The van der Waals surface area contributed by atoms with Gasteiger partial charge >= 0.3 is 5.97 Å². The van der Waals surface area contributed by atoms with Crippen molar-refractivity contribution in [1.82, 2.24) is 4.90 Å². The van der Waals surface area contributed by atoms with E-state index in [4.69, 9.17) is 4.74 Å². The number of carbonyl (C=O) groups is 1. The van der Waals surface area contributed by atoms with E-state index in [-0.39, 0.29) is 12.1 Å². The van der Waals surface area contributed by atoms with Crippen LogP contribution < -0.4 is 0 Å². The molecule has 0 aromatic rings. The Balaban J connectivity index is 1.92. The van der Waals surface area contributed by atoms with Crippen molar-refractivity contribution < 1.29 is 14.3 Å². The van der Waals surface area contributed by atoms with Crippen molar-refractivity contribution in [3.05, 3.63) is 0 Å². The van der Waals surface area contributed by atoms with E-state index < -0.39 is 0 Å². The zero-order valence-electron chi connectivity index (χ0n) is 8.57. The van der Waals surface area contributed by atoms with Crippen LogP contribution in [0, 0.1) is 0 Å². The van der Waals surface area contributed by atoms with E-state index in [0.717, 1.165) is 6.54 Å². The Hall–Kier alpha value is -0.610. The van der Waals surface area contributed by atoms with Gasteiger partial charge in [0.05, 0.1) is 13.7 Å². The van der Waals surface area contributed by atoms with E-state index in [9.17, 15) is 4.79 Å². The molecular weight excluding hydrogens is 182 g/mol. The first kappa shape index (κ1) is 9.93. The van der Waals surface area contributed by atoms with Crippen LogP contribution in [0.25, 0.3) is 0 Å². The zero-order valence-corrected chi connectivity index (χ0v) is 8.57. The molecule has 0 saturated carbocycles. The standard InChI is InChI=1S/C10H17NO3/c1-13-10(12)9-6-11-5-3-2-4-8(11)7-14-9/h8-9H,2-7H2,1H3/t8-,9-/m1/s1. The predicted molar refractivity (Wildman–Crippen MR) is 51.0 cm³/mol. The van der Waals surface area contributed by atoms with Gasteiger partial charge in [0.2, 0.25) is 0 Å². The molecule has 14 heavy (non-hydrogen) atoms. The van der Waals surface area contributed by atoms with Gasteiger partial charge in [-0.05, 0) is 19.4 Å². The van der Waals surface area contributed by atoms with Crippen LogP contribution in [-0.2, 0) is 14.3 Å². The number of carbonyl (C=O) groups excluding carboxylic acids is 1. The van der Waals surface area contributed by atoms with Crippen molar-refractivity contribution in [2.45, 2.75) is 31.4 Å². The summed E-state index contributed by atoms with van der Waals surface area (Å²) < 4.78 is 10.2. The van der Waals surface area contributed by atoms with Gasteiger partial charge in [-0.15, -0.1) is 0 Å². The summed E-state index contributed by atoms with van der Waals surface area (Å²) in [5, 5.41) is 0. The van der Waals surface area contributed by atoms with Gasteiger partial charge in [-0.1, -0.05) is 6.42 Å². The highest BCUT2D eigenvalue weighted by Crippen LogP contribution is 2.22. The van der Waals surface area contributed by atoms with E-state index in [1.54, 1.807) is 0 Å². The second-order valence-electron chi connectivity index (χ2n) is 3.99. The summed E-state index contributed by atoms with van der Waals surface area (Å²) in [5.74, 6) is -0.242. The molecule has 0 unspecified atom stereocenters. The average molecular weight is 199 g/mol. The smallest absolute Gasteiger partial charge is 0.336 e. The van der Waals surface area contributed by atoms with Gasteiger partial charge in [0, 0.05) is 12.6 Å². The third kappa shape index (κ3) is 1.91. The van der Waals surface area contributed by atoms with E-state index in [1.807, 2.05) is 0 Å². The molecule has 2 aliphatic heterocycles. The summed E-state index contributed by atoms with van der Waals surface area (Å²) in [6.45, 7) is 2.48. The third-order valence-electron chi connectivity index (χ3n) is 3.10. The number of hydrogen-bond donors (Lipinski definition) is 0. The van der Waals surface area contributed by atoms with E-state index in [2.05, 4.69) is 9.64 Å². The highest BCUT2D eigenvalue weighted by atomic mass is 16.6. The summed E-state index contributed by atoms with van der Waals surface area (Å²) in [6.07, 6.45) is 3.36. The number of morpholine rings is 1. The fraction of sp³-hybridized carbons (Fsp3) is 0.900. The number of methoxy groups -OCH3 is 1. The van der Waals surface area contributed by atoms with Crippen molar-refractivity contribution >= 4 is 5.97 Å². The van der Waals surface area contributed by atoms with Gasteiger partial charge in [0.25, 0.3) is 0 Å². The zero-order chi connectivity index (χ0) is 9.97. The van der Waals surface area contributed by atoms with Crippen LogP contribution in [0.3, 0.4) is 0 Å². The lowest BCUT2D eigenvalue weighted by Gasteiger charge is -2.41. The molecule has 0 spiro atoms. The molecule has 2 heterocycles. The van der Waals surface area contributed by atoms with E-state index >= 15 is 0 Å². The largest absolute Gasteiger partial charge is 0.467 e. The SMILES string of the molecule is COC(=O)[C@H]1CN2CCCC[C@@H]2CO1. The van der Waals surface area contributed by atoms with Gasteiger partial charge in [0.15, 0.2) is 6.10 Å². The Morgan fingerprint density at radius 3 is 3.14 bits per heavy atom. The summed E-state index contributed by atoms with van der Waals surface area (Å²) in [6, 6.07) is 0.532. The van der Waals surface area contributed by atoms with Crippen molar-refractivity contribution in [3.8, 4) is 0 Å². The fourth-order valence-corrected chi connectivity index (χ4v) is 2.26. The summed E-state index contributed by atoms with van der Waals surface area (Å²) >= 11 is 0. The molecule has 0 aromatic heterocycles. The van der Waals surface area contributed by atoms with Crippen LogP contribution in [0.2, 0.25) is 0 Å². The quantitative estimate of drug-likeness (QED) is 0.573. The summed E-state index contributed by atoms with van der Waals surface area (Å²) in [7, 11) is 1.41. The van der Waals surface area contributed by atoms with Gasteiger partial charge < -0.3 is 9.47 Å². The minimum Gasteiger partial charge on any atom is -0.467 e. The second kappa shape index (κ2) is 4.28. The Morgan fingerprint density at radius 2 is 2.36 bits per heavy atom. The number of hydrogen-bond acceptors (Lipinski definition) is 4. The monoisotopic (exact) mass is 199 g/mol. The Bertz CT molecular complexity index is 219. The van der Waals surface area contributed by atoms with Gasteiger partial charge in [-0.2, -0.15) is 0 Å². The van der Waals surface area contributed by atoms with Crippen LogP contribution in [0.4, 0.5) is 0 Å². The maximum Gasteiger partial charge on any atom is 0.336 e. The van der Waals surface area contributed by atoms with Crippen LogP contribution in [-0.4, -0.2) is 49.8 Å². The Kier molecular flexibility index (Phi) is 3.03. The maximum atomic E-state index is 11.3. The molecule has 2 saturated heterocycles. The van der Waals surface area contributed by atoms with Crippen LogP contribution >= 0.6 is 0 Å². The molecule has 2 aliphatic rings. The molecule has 0 amide bonds. The molecule has 80 valence electrons. The van der Waals surface area contributed by atoms with Crippen LogP contribution in [0.5, 0.6) is 0 Å². The summed E-state index contributed by atoms with van der Waals surface area (Å²) in [4.78, 5) is 13.6. The number of rotatable bonds is 1. The van der Waals surface area contributed by atoms with E-state index in [1.165, 1.54) is 26.4 Å². The van der Waals surface area contributed by atoms with Crippen molar-refractivity contribution in [3.63, 3.8) is 0 Å². The molecule has 2 fully saturated rings. The number of fused-ring (bicyclic) bond motifs is 1. The predicted octanol–water partition coefficient (Wildman–Crippen LogP) is 0.413. The first-order chi connectivity index (χ1) is 6.81. The highest BCUT2D eigenvalue weighted by molar-refractivity contribution is 5.74. The molecule has 4 heteroatoms. The van der Waals surface area contributed by atoms with Gasteiger partial charge in [-0.25, -0.2) is 4.79 Å². The number of ether oxygens (including phenoxy) is 2. The lowest BCUT2D eigenvalue weighted by atomic mass is 10.0. The topological polar surface area (TPSA) is 38.8 Å². The van der Waals surface area contributed by atoms with Crippen LogP contribution in [0.1, 0.15) is 19.3 Å². The molecular formula is C10H17NO3. The first-order valence-corrected chi connectivity index (χ1v) is 5.24. The van der Waals surface area contributed by atoms with Crippen molar-refractivity contribution in [1.29, 1.82) is 0 Å². The van der Waals surface area contributed by atoms with E-state index in [0.29, 0.717) is 19.2 Å². The molecule has 0 aliphatic carbocycles. The third-order valence-corrected chi connectivity index (χ3v) is 3.10. The lowest BCUT2D eigenvalue weighted by Crippen LogP contribution is -2.53. The van der Waals surface area contributed by atoms with Gasteiger partial charge in [0.1, 0.15) is 0 Å². The Morgan fingerprint density at radius 1 is 1.50 bits per heavy atom. The molecule has 4 nitrogen and oxygen atoms in total. The summed E-state index contributed by atoms with van der Waals surface area (Å²) in [5.41, 5.74) is 0. The second-order valence-corrected chi connectivity index (χ2v) is 3.99. The number of nitrogens with zero attached hydrogens (tertiary/aromatic N) is 1. The molecule has 2 atom stereocenters. The minimum atomic E-state index is -0.366. The number of piperidine rings is 1. The van der Waals surface area contributed by atoms with Crippen molar-refractivity contribution in [2.75, 3.05) is 26.8 Å². The average Bonchev–Trinajstić information content (AvgIpc) is 2.27. The van der Waals surface area contributed by atoms with Crippen LogP contribution in [0.15, 0.2) is 0 Å². The highest BCUT2D eigenvalue weighted by Gasteiger charge is 2.34. The molecule has 0 N–H and O–H groups in total. The molecule has 2 rings (SSSR count). The van der Waals surface area contributed by atoms with Gasteiger partial charge in [-0.3, -0.25) is 4.90 Å². The Labute approximate surface area is 84.2 Å². The first-order valence-electron chi connectivity index (χ1n) is 5.24. The van der Waals surface area contributed by atoms with Crippen molar-refractivity contribution in [2.24, 2.45) is 0 Å².